The van der Waals surface area contributed by atoms with E-state index in [2.05, 4.69) is 5.32 Å². The lowest BCUT2D eigenvalue weighted by Crippen LogP contribution is -2.59. The van der Waals surface area contributed by atoms with Crippen LogP contribution in [-0.4, -0.2) is 34.2 Å². The van der Waals surface area contributed by atoms with Crippen LogP contribution >= 0.6 is 0 Å². The van der Waals surface area contributed by atoms with E-state index in [1.807, 2.05) is 20.8 Å². The summed E-state index contributed by atoms with van der Waals surface area (Å²) in [6.45, 7) is 5.38. The van der Waals surface area contributed by atoms with Gasteiger partial charge in [0.05, 0.1) is 11.1 Å². The lowest BCUT2D eigenvalue weighted by Gasteiger charge is -2.48. The van der Waals surface area contributed by atoms with Crippen LogP contribution in [-0.2, 0) is 18.9 Å². The molecule has 4 nitrogen and oxygen atoms in total. The fourth-order valence-electron chi connectivity index (χ4n) is 4.28. The van der Waals surface area contributed by atoms with Crippen molar-refractivity contribution in [3.63, 3.8) is 0 Å². The number of nitrogens with zero attached hydrogens (tertiary/aromatic N) is 1. The number of nitrogens with one attached hydrogen (secondary N) is 1. The Hall–Kier alpha value is -1.97. The number of hydrogen-bond donors (Lipinski definition) is 2. The quantitative estimate of drug-likeness (QED) is 0.573. The molecule has 1 aliphatic heterocycles. The van der Waals surface area contributed by atoms with E-state index in [4.69, 9.17) is 0 Å². The Morgan fingerprint density at radius 2 is 1.60 bits per heavy atom. The minimum absolute atomic E-state index is 0.109. The molecule has 1 saturated heterocycles. The first kappa shape index (κ1) is 24.3. The Balaban J connectivity index is 2.26. The number of hydrogen-bond acceptors (Lipinski definition) is 2. The molecule has 0 aliphatic carbocycles. The van der Waals surface area contributed by atoms with E-state index < -0.39 is 29.6 Å². The summed E-state index contributed by atoms with van der Waals surface area (Å²) in [6.07, 6.45) is -9.25. The molecule has 2 rings (SSSR count). The molecule has 4 atom stereocenters. The largest absolute Gasteiger partial charge is 0.465 e. The number of piperidine rings is 1. The summed E-state index contributed by atoms with van der Waals surface area (Å²) in [6, 6.07) is 0.748. The molecule has 1 aromatic carbocycles. The zero-order chi connectivity index (χ0) is 22.9. The zero-order valence-corrected chi connectivity index (χ0v) is 16.9. The van der Waals surface area contributed by atoms with Crippen molar-refractivity contribution in [2.75, 3.05) is 0 Å². The van der Waals surface area contributed by atoms with Crippen LogP contribution in [0.5, 0.6) is 0 Å². The highest BCUT2D eigenvalue weighted by molar-refractivity contribution is 5.66. The summed E-state index contributed by atoms with van der Waals surface area (Å²) in [5.74, 6) is -0.151. The molecule has 0 aromatic heterocycles. The van der Waals surface area contributed by atoms with Gasteiger partial charge in [-0.2, -0.15) is 26.3 Å². The van der Waals surface area contributed by atoms with E-state index in [1.165, 1.54) is 4.90 Å². The minimum Gasteiger partial charge on any atom is -0.465 e. The molecule has 1 amide bonds. The highest BCUT2D eigenvalue weighted by atomic mass is 19.4. The fraction of sp³-hybridized carbons (Fsp3) is 0.650. The lowest BCUT2D eigenvalue weighted by atomic mass is 9.80. The van der Waals surface area contributed by atoms with Crippen molar-refractivity contribution < 1.29 is 36.2 Å². The van der Waals surface area contributed by atoms with Gasteiger partial charge in [0.2, 0.25) is 0 Å². The second kappa shape index (κ2) is 9.03. The molecule has 170 valence electrons. The van der Waals surface area contributed by atoms with E-state index >= 15 is 0 Å². The Morgan fingerprint density at radius 1 is 1.07 bits per heavy atom. The molecular weight excluding hydrogens is 414 g/mol. The number of halogens is 6. The number of carbonyl (C=O) groups is 1. The molecule has 0 unspecified atom stereocenters. The SMILES string of the molecule is CC[C@@H]1C[C@H](NCc2cc(C(F)(F)F)cc(C(F)(F)F)c2)[C@@H](C)[C@H](CC)N1C(=O)O. The fourth-order valence-corrected chi connectivity index (χ4v) is 4.28. The average Bonchev–Trinajstić information content (AvgIpc) is 2.64. The molecule has 0 bridgehead atoms. The Kier molecular flexibility index (Phi) is 7.32. The maximum atomic E-state index is 13.1. The Morgan fingerprint density at radius 3 is 2.00 bits per heavy atom. The second-order valence-electron chi connectivity index (χ2n) is 7.72. The van der Waals surface area contributed by atoms with Crippen LogP contribution in [0.25, 0.3) is 0 Å². The molecule has 0 saturated carbocycles. The third-order valence-electron chi connectivity index (χ3n) is 5.84. The van der Waals surface area contributed by atoms with Crippen molar-refractivity contribution >= 4 is 6.09 Å². The van der Waals surface area contributed by atoms with Gasteiger partial charge in [0.15, 0.2) is 0 Å². The summed E-state index contributed by atoms with van der Waals surface area (Å²) in [4.78, 5) is 13.1. The van der Waals surface area contributed by atoms with E-state index in [1.54, 1.807) is 0 Å². The first-order valence-corrected chi connectivity index (χ1v) is 9.82. The number of amides is 1. The predicted molar refractivity (Wildman–Crippen MR) is 98.9 cm³/mol. The molecule has 1 aromatic rings. The number of likely N-dealkylation sites (tertiary alicyclic amines) is 1. The number of benzene rings is 1. The van der Waals surface area contributed by atoms with Gasteiger partial charge in [-0.15, -0.1) is 0 Å². The van der Waals surface area contributed by atoms with Gasteiger partial charge in [-0.25, -0.2) is 4.79 Å². The first-order chi connectivity index (χ1) is 13.8. The Bertz CT molecular complexity index is 718. The van der Waals surface area contributed by atoms with Crippen LogP contribution < -0.4 is 5.32 Å². The van der Waals surface area contributed by atoms with Gasteiger partial charge in [-0.05, 0) is 48.9 Å². The molecule has 1 heterocycles. The topological polar surface area (TPSA) is 52.6 Å². The highest BCUT2D eigenvalue weighted by Crippen LogP contribution is 2.37. The summed E-state index contributed by atoms with van der Waals surface area (Å²) < 4.78 is 78.3. The van der Waals surface area contributed by atoms with Crippen molar-refractivity contribution in [1.82, 2.24) is 10.2 Å². The van der Waals surface area contributed by atoms with Crippen molar-refractivity contribution in [3.8, 4) is 0 Å². The highest BCUT2D eigenvalue weighted by Gasteiger charge is 2.42. The maximum absolute atomic E-state index is 13.1. The maximum Gasteiger partial charge on any atom is 0.416 e. The van der Waals surface area contributed by atoms with Gasteiger partial charge in [0.1, 0.15) is 0 Å². The van der Waals surface area contributed by atoms with Gasteiger partial charge in [0, 0.05) is 24.7 Å². The van der Waals surface area contributed by atoms with Crippen LogP contribution in [0.4, 0.5) is 31.1 Å². The molecule has 1 aliphatic rings. The molecule has 0 spiro atoms. The van der Waals surface area contributed by atoms with Gasteiger partial charge in [-0.1, -0.05) is 20.8 Å². The minimum atomic E-state index is -4.89. The Labute approximate surface area is 171 Å². The normalized spacial score (nSPS) is 25.4. The van der Waals surface area contributed by atoms with E-state index in [9.17, 15) is 36.2 Å². The summed E-state index contributed by atoms with van der Waals surface area (Å²) in [5.41, 5.74) is -2.81. The molecule has 10 heteroatoms. The van der Waals surface area contributed by atoms with Crippen LogP contribution in [0, 0.1) is 5.92 Å². The standard InChI is InChI=1S/C20H26F6N2O2/c1-4-15-9-16(11(3)17(5-2)28(15)18(29)30)27-10-12-6-13(19(21,22)23)8-14(7-12)20(24,25)26/h6-8,11,15-17,27H,4-5,9-10H2,1-3H3,(H,29,30)/t11-,15-,16+,17+/m1/s1. The van der Waals surface area contributed by atoms with E-state index in [0.717, 1.165) is 0 Å². The number of alkyl halides is 6. The van der Waals surface area contributed by atoms with E-state index in [-0.39, 0.29) is 42.2 Å². The molecule has 30 heavy (non-hydrogen) atoms. The smallest absolute Gasteiger partial charge is 0.416 e. The van der Waals surface area contributed by atoms with Gasteiger partial charge < -0.3 is 15.3 Å². The van der Waals surface area contributed by atoms with Gasteiger partial charge >= 0.3 is 18.4 Å². The number of carboxylic acid groups (broad SMARTS) is 1. The zero-order valence-electron chi connectivity index (χ0n) is 16.9. The average molecular weight is 440 g/mol. The van der Waals surface area contributed by atoms with Crippen LogP contribution in [0.2, 0.25) is 0 Å². The molecular formula is C20H26F6N2O2. The predicted octanol–water partition coefficient (Wildman–Crippen LogP) is 5.76. The first-order valence-electron chi connectivity index (χ1n) is 9.82. The van der Waals surface area contributed by atoms with E-state index in [0.29, 0.717) is 31.4 Å². The monoisotopic (exact) mass is 440 g/mol. The molecule has 1 fully saturated rings. The third kappa shape index (κ3) is 5.39. The van der Waals surface area contributed by atoms with Crippen molar-refractivity contribution in [2.45, 2.75) is 77.1 Å². The lowest BCUT2D eigenvalue weighted by molar-refractivity contribution is -0.143. The number of rotatable bonds is 5. The van der Waals surface area contributed by atoms with Crippen LogP contribution in [0.1, 0.15) is 56.7 Å². The molecule has 2 N–H and O–H groups in total. The molecule has 0 radical (unpaired) electrons. The summed E-state index contributed by atoms with van der Waals surface area (Å²) in [5, 5.41) is 12.6. The van der Waals surface area contributed by atoms with Crippen molar-refractivity contribution in [1.29, 1.82) is 0 Å². The van der Waals surface area contributed by atoms with Gasteiger partial charge in [-0.3, -0.25) is 0 Å². The van der Waals surface area contributed by atoms with Crippen LogP contribution in [0.3, 0.4) is 0 Å². The second-order valence-corrected chi connectivity index (χ2v) is 7.72. The van der Waals surface area contributed by atoms with Gasteiger partial charge in [0.25, 0.3) is 0 Å². The van der Waals surface area contributed by atoms with Crippen molar-refractivity contribution in [3.05, 3.63) is 34.9 Å². The third-order valence-corrected chi connectivity index (χ3v) is 5.84. The summed E-state index contributed by atoms with van der Waals surface area (Å²) >= 11 is 0. The van der Waals surface area contributed by atoms with Crippen LogP contribution in [0.15, 0.2) is 18.2 Å². The summed E-state index contributed by atoms with van der Waals surface area (Å²) in [7, 11) is 0. The van der Waals surface area contributed by atoms with Crippen molar-refractivity contribution in [2.24, 2.45) is 5.92 Å².